The topological polar surface area (TPSA) is 54.9 Å². The second-order valence-electron chi connectivity index (χ2n) is 7.05. The number of anilines is 1. The first-order valence-corrected chi connectivity index (χ1v) is 11.1. The predicted octanol–water partition coefficient (Wildman–Crippen LogP) is 5.23. The van der Waals surface area contributed by atoms with Crippen LogP contribution in [0.4, 0.5) is 5.69 Å². The van der Waals surface area contributed by atoms with Gasteiger partial charge < -0.3 is 5.32 Å². The zero-order valence-corrected chi connectivity index (χ0v) is 17.5. The van der Waals surface area contributed by atoms with E-state index < -0.39 is 0 Å². The highest BCUT2D eigenvalue weighted by molar-refractivity contribution is 8.00. The lowest BCUT2D eigenvalue weighted by atomic mass is 9.97. The Hall–Kier alpha value is -1.92. The van der Waals surface area contributed by atoms with Crippen LogP contribution in [0.15, 0.2) is 23.2 Å². The lowest BCUT2D eigenvalue weighted by molar-refractivity contribution is -0.113. The molecule has 2 aromatic heterocycles. The van der Waals surface area contributed by atoms with Crippen LogP contribution < -0.4 is 5.32 Å². The number of nitrogens with one attached hydrogen (secondary N) is 1. The number of thioether (sulfide) groups is 1. The van der Waals surface area contributed by atoms with Crippen molar-refractivity contribution < 1.29 is 4.79 Å². The minimum absolute atomic E-state index is 0.00205. The number of benzene rings is 1. The molecule has 0 spiro atoms. The number of aryl methyl sites for hydroxylation is 4. The van der Waals surface area contributed by atoms with E-state index in [9.17, 15) is 4.79 Å². The number of carbonyl (C=O) groups excluding carboxylic acids is 1. The largest absolute Gasteiger partial charge is 0.325 e. The fourth-order valence-corrected chi connectivity index (χ4v) is 5.81. The molecule has 1 aliphatic carbocycles. The molecule has 0 fully saturated rings. The van der Waals surface area contributed by atoms with Gasteiger partial charge in [-0.2, -0.15) is 0 Å². The molecular formula is C21H23N3OS2. The van der Waals surface area contributed by atoms with E-state index in [2.05, 4.69) is 28.3 Å². The van der Waals surface area contributed by atoms with Crippen molar-refractivity contribution in [3.05, 3.63) is 45.6 Å². The predicted molar refractivity (Wildman–Crippen MR) is 114 cm³/mol. The Labute approximate surface area is 167 Å². The van der Waals surface area contributed by atoms with Crippen molar-refractivity contribution in [2.24, 2.45) is 0 Å². The van der Waals surface area contributed by atoms with E-state index in [1.54, 1.807) is 11.3 Å². The van der Waals surface area contributed by atoms with Gasteiger partial charge in [0.05, 0.1) is 5.75 Å². The monoisotopic (exact) mass is 397 g/mol. The number of nitrogens with zero attached hydrogens (tertiary/aromatic N) is 2. The maximum Gasteiger partial charge on any atom is 0.234 e. The fraction of sp³-hybridized carbons (Fsp3) is 0.381. The Morgan fingerprint density at radius 3 is 2.85 bits per heavy atom. The first kappa shape index (κ1) is 18.4. The van der Waals surface area contributed by atoms with Gasteiger partial charge in [0.1, 0.15) is 15.7 Å². The number of thiophene rings is 1. The van der Waals surface area contributed by atoms with Gasteiger partial charge in [-0.1, -0.05) is 23.9 Å². The average Bonchev–Trinajstić information content (AvgIpc) is 3.01. The number of fused-ring (bicyclic) bond motifs is 3. The molecular weight excluding hydrogens is 374 g/mol. The highest BCUT2D eigenvalue weighted by Crippen LogP contribution is 2.39. The second-order valence-corrected chi connectivity index (χ2v) is 9.10. The van der Waals surface area contributed by atoms with Crippen LogP contribution in [0.25, 0.3) is 10.2 Å². The Bertz CT molecular complexity index is 1030. The maximum absolute atomic E-state index is 12.5. The number of hydrogen-bond donors (Lipinski definition) is 1. The summed E-state index contributed by atoms with van der Waals surface area (Å²) in [6.07, 6.45) is 4.73. The standard InChI is InChI=1S/C21H23N3OS2/c1-12-7-6-9-16(13(12)2)24-18(25)11-26-20-19-15-8-4-5-10-17(15)27-21(19)23-14(3)22-20/h6-7,9H,4-5,8,10-11H2,1-3H3,(H,24,25). The highest BCUT2D eigenvalue weighted by Gasteiger charge is 2.21. The minimum atomic E-state index is 0.00205. The Kier molecular flexibility index (Phi) is 5.19. The molecule has 0 radical (unpaired) electrons. The molecule has 4 rings (SSSR count). The summed E-state index contributed by atoms with van der Waals surface area (Å²) in [5.41, 5.74) is 4.60. The zero-order valence-electron chi connectivity index (χ0n) is 15.9. The van der Waals surface area contributed by atoms with Crippen LogP contribution in [0.5, 0.6) is 0 Å². The van der Waals surface area contributed by atoms with Gasteiger partial charge in [-0.05, 0) is 69.2 Å². The van der Waals surface area contributed by atoms with Crippen LogP contribution in [-0.4, -0.2) is 21.6 Å². The summed E-state index contributed by atoms with van der Waals surface area (Å²) in [5, 5.41) is 5.18. The van der Waals surface area contributed by atoms with Gasteiger partial charge in [0, 0.05) is 16.0 Å². The number of carbonyl (C=O) groups is 1. The van der Waals surface area contributed by atoms with Crippen LogP contribution in [0.1, 0.15) is 40.2 Å². The third-order valence-corrected chi connectivity index (χ3v) is 7.27. The molecule has 0 bridgehead atoms. The molecule has 1 N–H and O–H groups in total. The Balaban J connectivity index is 1.56. The second kappa shape index (κ2) is 7.60. The summed E-state index contributed by atoms with van der Waals surface area (Å²) in [4.78, 5) is 24.4. The van der Waals surface area contributed by atoms with Gasteiger partial charge in [-0.3, -0.25) is 4.79 Å². The van der Waals surface area contributed by atoms with Gasteiger partial charge >= 0.3 is 0 Å². The van der Waals surface area contributed by atoms with E-state index in [0.29, 0.717) is 5.75 Å². The number of hydrogen-bond acceptors (Lipinski definition) is 5. The smallest absolute Gasteiger partial charge is 0.234 e. The molecule has 1 amide bonds. The van der Waals surface area contributed by atoms with Gasteiger partial charge in [0.2, 0.25) is 5.91 Å². The van der Waals surface area contributed by atoms with Crippen molar-refractivity contribution in [3.63, 3.8) is 0 Å². The molecule has 6 heteroatoms. The summed E-state index contributed by atoms with van der Waals surface area (Å²) in [6.45, 7) is 6.02. The first-order valence-electron chi connectivity index (χ1n) is 9.30. The van der Waals surface area contributed by atoms with Crippen molar-refractivity contribution >= 4 is 44.9 Å². The van der Waals surface area contributed by atoms with Crippen molar-refractivity contribution in [1.82, 2.24) is 9.97 Å². The van der Waals surface area contributed by atoms with E-state index in [1.807, 2.05) is 26.0 Å². The summed E-state index contributed by atoms with van der Waals surface area (Å²) < 4.78 is 0. The molecule has 0 saturated heterocycles. The van der Waals surface area contributed by atoms with Crippen LogP contribution in [0.3, 0.4) is 0 Å². The normalized spacial score (nSPS) is 13.6. The Morgan fingerprint density at radius 1 is 1.19 bits per heavy atom. The van der Waals surface area contributed by atoms with E-state index in [1.165, 1.54) is 46.0 Å². The number of amides is 1. The van der Waals surface area contributed by atoms with E-state index in [4.69, 9.17) is 0 Å². The van der Waals surface area contributed by atoms with Crippen LogP contribution in [-0.2, 0) is 17.6 Å². The van der Waals surface area contributed by atoms with Gasteiger partial charge in [0.15, 0.2) is 0 Å². The lowest BCUT2D eigenvalue weighted by Crippen LogP contribution is -2.15. The molecule has 1 aromatic carbocycles. The Morgan fingerprint density at radius 2 is 2.00 bits per heavy atom. The lowest BCUT2D eigenvalue weighted by Gasteiger charge is -2.12. The third-order valence-electron chi connectivity index (χ3n) is 5.11. The highest BCUT2D eigenvalue weighted by atomic mass is 32.2. The van der Waals surface area contributed by atoms with Gasteiger partial charge in [-0.15, -0.1) is 11.3 Å². The maximum atomic E-state index is 12.5. The number of aromatic nitrogens is 2. The average molecular weight is 398 g/mol. The molecule has 0 atom stereocenters. The van der Waals surface area contributed by atoms with Crippen molar-refractivity contribution in [1.29, 1.82) is 0 Å². The summed E-state index contributed by atoms with van der Waals surface area (Å²) in [7, 11) is 0. The van der Waals surface area contributed by atoms with Crippen LogP contribution >= 0.6 is 23.1 Å². The minimum Gasteiger partial charge on any atom is -0.325 e. The molecule has 27 heavy (non-hydrogen) atoms. The summed E-state index contributed by atoms with van der Waals surface area (Å²) in [5.74, 6) is 1.13. The van der Waals surface area contributed by atoms with Crippen molar-refractivity contribution in [2.45, 2.75) is 51.5 Å². The molecule has 3 aromatic rings. The molecule has 0 saturated carbocycles. The van der Waals surface area contributed by atoms with Gasteiger partial charge in [0.25, 0.3) is 0 Å². The SMILES string of the molecule is Cc1nc(SCC(=O)Nc2cccc(C)c2C)c2c3c(sc2n1)CCCC3. The third kappa shape index (κ3) is 3.73. The van der Waals surface area contributed by atoms with Gasteiger partial charge in [-0.25, -0.2) is 9.97 Å². The zero-order chi connectivity index (χ0) is 19.0. The van der Waals surface area contributed by atoms with Crippen LogP contribution in [0, 0.1) is 20.8 Å². The van der Waals surface area contributed by atoms with Crippen LogP contribution in [0.2, 0.25) is 0 Å². The molecule has 4 nitrogen and oxygen atoms in total. The number of rotatable bonds is 4. The van der Waals surface area contributed by atoms with Crippen molar-refractivity contribution in [2.75, 3.05) is 11.1 Å². The van der Waals surface area contributed by atoms with E-state index >= 15 is 0 Å². The molecule has 0 aliphatic heterocycles. The van der Waals surface area contributed by atoms with Crippen molar-refractivity contribution in [3.8, 4) is 0 Å². The summed E-state index contributed by atoms with van der Waals surface area (Å²) >= 11 is 3.33. The molecule has 0 unspecified atom stereocenters. The molecule has 140 valence electrons. The fourth-order valence-electron chi connectivity index (χ4n) is 3.54. The molecule has 1 aliphatic rings. The molecule has 2 heterocycles. The van der Waals surface area contributed by atoms with E-state index in [0.717, 1.165) is 39.8 Å². The quantitative estimate of drug-likeness (QED) is 0.484. The summed E-state index contributed by atoms with van der Waals surface area (Å²) in [6, 6.07) is 5.98. The van der Waals surface area contributed by atoms with E-state index in [-0.39, 0.29) is 5.91 Å². The first-order chi connectivity index (χ1) is 13.0.